The van der Waals surface area contributed by atoms with Gasteiger partial charge in [0.05, 0.1) is 23.3 Å². The van der Waals surface area contributed by atoms with Crippen LogP contribution in [0.2, 0.25) is 0 Å². The van der Waals surface area contributed by atoms with Crippen molar-refractivity contribution in [1.29, 1.82) is 10.5 Å². The summed E-state index contributed by atoms with van der Waals surface area (Å²) in [5.74, 6) is 0.0824. The molecule has 0 spiro atoms. The highest BCUT2D eigenvalue weighted by Gasteiger charge is 2.21. The Morgan fingerprint density at radius 3 is 2.48 bits per heavy atom. The van der Waals surface area contributed by atoms with Crippen LogP contribution in [-0.2, 0) is 19.8 Å². The molecule has 1 atom stereocenters. The smallest absolute Gasteiger partial charge is 0.150 e. The summed E-state index contributed by atoms with van der Waals surface area (Å²) in [7, 11) is 0. The molecule has 31 heavy (non-hydrogen) atoms. The number of anilines is 1. The number of aromatic nitrogens is 1. The number of nitriles is 2. The van der Waals surface area contributed by atoms with Gasteiger partial charge in [-0.1, -0.05) is 12.1 Å². The number of alkyl halides is 2. The third-order valence-electron chi connectivity index (χ3n) is 4.69. The van der Waals surface area contributed by atoms with Crippen LogP contribution in [0, 0.1) is 22.7 Å². The molecule has 2 aromatic carbocycles. The minimum atomic E-state index is -1.41. The summed E-state index contributed by atoms with van der Waals surface area (Å²) in [5.41, 5.74) is 3.28. The fourth-order valence-corrected chi connectivity index (χ4v) is 3.16. The van der Waals surface area contributed by atoms with Crippen molar-refractivity contribution in [3.8, 4) is 17.9 Å². The summed E-state index contributed by atoms with van der Waals surface area (Å²) < 4.78 is 34.0. The van der Waals surface area contributed by atoms with E-state index in [1.165, 1.54) is 13.1 Å². The Morgan fingerprint density at radius 2 is 1.84 bits per heavy atom. The van der Waals surface area contributed by atoms with Gasteiger partial charge in [-0.2, -0.15) is 10.5 Å². The Morgan fingerprint density at radius 1 is 1.10 bits per heavy atom. The number of rotatable bonds is 8. The van der Waals surface area contributed by atoms with Gasteiger partial charge in [0.2, 0.25) is 0 Å². The van der Waals surface area contributed by atoms with Crippen LogP contribution < -0.4 is 10.1 Å². The van der Waals surface area contributed by atoms with Crippen molar-refractivity contribution < 1.29 is 13.5 Å². The quantitative estimate of drug-likeness (QED) is 0.521. The molecule has 0 radical (unpaired) electrons. The molecule has 3 aromatic rings. The average Bonchev–Trinajstić information content (AvgIpc) is 2.81. The molecule has 7 heteroatoms. The predicted molar refractivity (Wildman–Crippen MR) is 113 cm³/mol. The maximum absolute atomic E-state index is 14.6. The van der Waals surface area contributed by atoms with Gasteiger partial charge in [-0.15, -0.1) is 0 Å². The molecule has 5 nitrogen and oxygen atoms in total. The molecule has 0 aliphatic heterocycles. The molecular formula is C24H20F2N4O. The van der Waals surface area contributed by atoms with Crippen LogP contribution in [0.1, 0.15) is 46.6 Å². The van der Waals surface area contributed by atoms with Crippen molar-refractivity contribution in [2.75, 3.05) is 5.32 Å². The van der Waals surface area contributed by atoms with E-state index in [1.54, 1.807) is 48.5 Å². The van der Waals surface area contributed by atoms with Gasteiger partial charge in [0.15, 0.2) is 0 Å². The van der Waals surface area contributed by atoms with E-state index in [9.17, 15) is 8.78 Å². The molecule has 0 saturated carbocycles. The predicted octanol–water partition coefficient (Wildman–Crippen LogP) is 5.52. The zero-order valence-corrected chi connectivity index (χ0v) is 16.9. The van der Waals surface area contributed by atoms with E-state index in [1.807, 2.05) is 6.07 Å². The van der Waals surface area contributed by atoms with Gasteiger partial charge in [0.1, 0.15) is 30.9 Å². The van der Waals surface area contributed by atoms with Gasteiger partial charge in [0, 0.05) is 24.0 Å². The van der Waals surface area contributed by atoms with E-state index in [-0.39, 0.29) is 30.2 Å². The molecule has 0 bridgehead atoms. The summed E-state index contributed by atoms with van der Waals surface area (Å²) in [6, 6.07) is 17.8. The highest BCUT2D eigenvalue weighted by Crippen LogP contribution is 2.35. The second-order valence-corrected chi connectivity index (χ2v) is 6.87. The topological polar surface area (TPSA) is 81.7 Å². The third-order valence-corrected chi connectivity index (χ3v) is 4.69. The maximum Gasteiger partial charge on any atom is 0.150 e. The van der Waals surface area contributed by atoms with Crippen LogP contribution in [0.25, 0.3) is 0 Å². The molecule has 0 amide bonds. The molecule has 1 heterocycles. The lowest BCUT2D eigenvalue weighted by molar-refractivity contribution is 0.277. The minimum absolute atomic E-state index is 0.0260. The van der Waals surface area contributed by atoms with Crippen molar-refractivity contribution >= 4 is 5.69 Å². The molecule has 156 valence electrons. The molecule has 0 saturated heterocycles. The van der Waals surface area contributed by atoms with Crippen molar-refractivity contribution in [1.82, 2.24) is 4.98 Å². The minimum Gasteiger partial charge on any atom is -0.486 e. The number of nitrogens with zero attached hydrogens (tertiary/aromatic N) is 3. The number of halogens is 2. The molecule has 0 aliphatic carbocycles. The zero-order valence-electron chi connectivity index (χ0n) is 16.9. The molecule has 1 aromatic heterocycles. The Balaban J connectivity index is 1.86. The lowest BCUT2D eigenvalue weighted by Crippen LogP contribution is -2.10. The standard InChI is InChI=1S/C24H20F2N4O/c1-16(26)23-20(13-29-21-7-5-17(11-27)6-8-21)14-30-22(10-25)24(23)31-15-19-4-2-3-18(9-19)12-28/h2-9,14,16,29H,10,13,15H2,1H3. The van der Waals surface area contributed by atoms with Crippen LogP contribution in [0.3, 0.4) is 0 Å². The summed E-state index contributed by atoms with van der Waals surface area (Å²) in [5, 5.41) is 21.1. The Hall–Kier alpha value is -3.97. The first-order valence-corrected chi connectivity index (χ1v) is 9.62. The largest absolute Gasteiger partial charge is 0.486 e. The van der Waals surface area contributed by atoms with Crippen LogP contribution in [-0.4, -0.2) is 4.98 Å². The van der Waals surface area contributed by atoms with E-state index in [2.05, 4.69) is 16.4 Å². The zero-order chi connectivity index (χ0) is 22.2. The molecule has 1 N–H and O–H groups in total. The van der Waals surface area contributed by atoms with Crippen molar-refractivity contribution in [3.63, 3.8) is 0 Å². The van der Waals surface area contributed by atoms with Crippen LogP contribution in [0.5, 0.6) is 5.75 Å². The van der Waals surface area contributed by atoms with E-state index in [0.717, 1.165) is 5.69 Å². The van der Waals surface area contributed by atoms with Crippen LogP contribution in [0.15, 0.2) is 54.7 Å². The van der Waals surface area contributed by atoms with Gasteiger partial charge in [-0.25, -0.2) is 8.78 Å². The summed E-state index contributed by atoms with van der Waals surface area (Å²) in [4.78, 5) is 4.12. The number of hydrogen-bond donors (Lipinski definition) is 1. The van der Waals surface area contributed by atoms with E-state index in [0.29, 0.717) is 22.3 Å². The van der Waals surface area contributed by atoms with E-state index in [4.69, 9.17) is 15.3 Å². The second-order valence-electron chi connectivity index (χ2n) is 6.87. The van der Waals surface area contributed by atoms with E-state index >= 15 is 0 Å². The molecular weight excluding hydrogens is 398 g/mol. The summed E-state index contributed by atoms with van der Waals surface area (Å²) in [6.45, 7) is 0.772. The monoisotopic (exact) mass is 418 g/mol. The van der Waals surface area contributed by atoms with Crippen LogP contribution >= 0.6 is 0 Å². The number of pyridine rings is 1. The first-order valence-electron chi connectivity index (χ1n) is 9.62. The van der Waals surface area contributed by atoms with Crippen LogP contribution in [0.4, 0.5) is 14.5 Å². The highest BCUT2D eigenvalue weighted by molar-refractivity contribution is 5.50. The highest BCUT2D eigenvalue weighted by atomic mass is 19.1. The van der Waals surface area contributed by atoms with Gasteiger partial charge in [0.25, 0.3) is 0 Å². The molecule has 1 unspecified atom stereocenters. The fraction of sp³-hybridized carbons (Fsp3) is 0.208. The number of hydrogen-bond acceptors (Lipinski definition) is 5. The number of nitrogens with one attached hydrogen (secondary N) is 1. The average molecular weight is 418 g/mol. The normalized spacial score (nSPS) is 11.3. The Kier molecular flexibility index (Phi) is 7.13. The van der Waals surface area contributed by atoms with Gasteiger partial charge in [-0.05, 0) is 54.4 Å². The lowest BCUT2D eigenvalue weighted by atomic mass is 10.0. The first kappa shape index (κ1) is 21.7. The summed E-state index contributed by atoms with van der Waals surface area (Å²) in [6.07, 6.45) is 0.0339. The van der Waals surface area contributed by atoms with Gasteiger partial charge in [-0.3, -0.25) is 4.98 Å². The maximum atomic E-state index is 14.6. The lowest BCUT2D eigenvalue weighted by Gasteiger charge is -2.19. The SMILES string of the molecule is CC(F)c1c(CNc2ccc(C#N)cc2)cnc(CF)c1OCc1cccc(C#N)c1. The number of benzene rings is 2. The van der Waals surface area contributed by atoms with Crippen molar-refractivity contribution in [2.45, 2.75) is 32.9 Å². The van der Waals surface area contributed by atoms with E-state index < -0.39 is 12.8 Å². The first-order chi connectivity index (χ1) is 15.0. The molecule has 0 aliphatic rings. The van der Waals surface area contributed by atoms with Gasteiger partial charge < -0.3 is 10.1 Å². The Labute approximate surface area is 179 Å². The molecule has 0 fully saturated rings. The van der Waals surface area contributed by atoms with Crippen molar-refractivity contribution in [2.24, 2.45) is 0 Å². The second kappa shape index (κ2) is 10.2. The Bertz CT molecular complexity index is 1130. The summed E-state index contributed by atoms with van der Waals surface area (Å²) >= 11 is 0. The van der Waals surface area contributed by atoms with Crippen molar-refractivity contribution in [3.05, 3.63) is 88.2 Å². The van der Waals surface area contributed by atoms with Gasteiger partial charge >= 0.3 is 0 Å². The third kappa shape index (κ3) is 5.34. The molecule has 3 rings (SSSR count). The number of ether oxygens (including phenoxy) is 1. The fourth-order valence-electron chi connectivity index (χ4n) is 3.16.